The number of aryl methyl sites for hydroxylation is 1. The number of aromatic nitrogens is 1. The first-order valence-electron chi connectivity index (χ1n) is 11.3. The van der Waals surface area contributed by atoms with Crippen molar-refractivity contribution in [1.82, 2.24) is 4.57 Å². The summed E-state index contributed by atoms with van der Waals surface area (Å²) in [5.41, 5.74) is 9.15. The smallest absolute Gasteiger partial charge is 0.136 e. The van der Waals surface area contributed by atoms with Crippen molar-refractivity contribution < 1.29 is 4.42 Å². The first kappa shape index (κ1) is 18.3. The summed E-state index contributed by atoms with van der Waals surface area (Å²) in [6.45, 7) is 2.17. The van der Waals surface area contributed by atoms with Crippen molar-refractivity contribution in [2.24, 2.45) is 0 Å². The van der Waals surface area contributed by atoms with Gasteiger partial charge in [-0.1, -0.05) is 66.7 Å². The minimum atomic E-state index is 0.927. The molecule has 7 rings (SSSR count). The van der Waals surface area contributed by atoms with Crippen LogP contribution in [0, 0.1) is 6.92 Å². The molecule has 0 bridgehead atoms. The lowest BCUT2D eigenvalue weighted by molar-refractivity contribution is 0.669. The molecule has 0 aliphatic carbocycles. The number of benzene rings is 5. The highest BCUT2D eigenvalue weighted by atomic mass is 16.3. The Hall–Kier alpha value is -4.30. The quantitative estimate of drug-likeness (QED) is 0.272. The summed E-state index contributed by atoms with van der Waals surface area (Å²) in [5, 5.41) is 4.85. The Morgan fingerprint density at radius 2 is 1.18 bits per heavy atom. The first-order valence-corrected chi connectivity index (χ1v) is 11.3. The number of rotatable bonds is 2. The van der Waals surface area contributed by atoms with Gasteiger partial charge in [-0.15, -0.1) is 0 Å². The van der Waals surface area contributed by atoms with Crippen LogP contribution in [-0.4, -0.2) is 4.57 Å². The number of hydrogen-bond donors (Lipinski definition) is 0. The van der Waals surface area contributed by atoms with E-state index in [0.717, 1.165) is 27.5 Å². The van der Waals surface area contributed by atoms with Gasteiger partial charge in [0.05, 0.1) is 11.0 Å². The molecule has 0 N–H and O–H groups in total. The summed E-state index contributed by atoms with van der Waals surface area (Å²) in [6, 6.07) is 38.8. The van der Waals surface area contributed by atoms with E-state index in [1.165, 1.54) is 38.6 Å². The molecule has 2 aromatic heterocycles. The Labute approximate surface area is 191 Å². The molecule has 0 atom stereocenters. The number of hydrogen-bond acceptors (Lipinski definition) is 1. The van der Waals surface area contributed by atoms with Crippen LogP contribution < -0.4 is 0 Å². The SMILES string of the molecule is Cc1ccccc1-n1c2ccccc2c2cc(-c3ccc4c(c3)oc3ccccc34)ccc21. The molecule has 0 aliphatic rings. The predicted molar refractivity (Wildman–Crippen MR) is 138 cm³/mol. The second-order valence-corrected chi connectivity index (χ2v) is 8.68. The fourth-order valence-electron chi connectivity index (χ4n) is 5.13. The lowest BCUT2D eigenvalue weighted by atomic mass is 10.0. The van der Waals surface area contributed by atoms with Gasteiger partial charge in [0, 0.05) is 27.2 Å². The van der Waals surface area contributed by atoms with E-state index < -0.39 is 0 Å². The van der Waals surface area contributed by atoms with Gasteiger partial charge >= 0.3 is 0 Å². The highest BCUT2D eigenvalue weighted by Crippen LogP contribution is 2.37. The lowest BCUT2D eigenvalue weighted by Gasteiger charge is -2.11. The third-order valence-electron chi connectivity index (χ3n) is 6.74. The monoisotopic (exact) mass is 423 g/mol. The Bertz CT molecular complexity index is 1830. The van der Waals surface area contributed by atoms with Gasteiger partial charge in [-0.3, -0.25) is 0 Å². The molecular weight excluding hydrogens is 402 g/mol. The molecular formula is C31H21NO. The van der Waals surface area contributed by atoms with E-state index in [1.54, 1.807) is 0 Å². The number of fused-ring (bicyclic) bond motifs is 6. The predicted octanol–water partition coefficient (Wildman–Crippen LogP) is 8.66. The molecule has 2 heterocycles. The van der Waals surface area contributed by atoms with Crippen molar-refractivity contribution in [2.75, 3.05) is 0 Å². The fourth-order valence-corrected chi connectivity index (χ4v) is 5.13. The van der Waals surface area contributed by atoms with Gasteiger partial charge in [0.1, 0.15) is 11.2 Å². The number of para-hydroxylation sites is 3. The van der Waals surface area contributed by atoms with Crippen molar-refractivity contribution in [1.29, 1.82) is 0 Å². The van der Waals surface area contributed by atoms with E-state index in [9.17, 15) is 0 Å². The molecule has 7 aromatic rings. The lowest BCUT2D eigenvalue weighted by Crippen LogP contribution is -1.96. The Balaban J connectivity index is 1.47. The van der Waals surface area contributed by atoms with Crippen LogP contribution in [0.3, 0.4) is 0 Å². The molecule has 0 aliphatic heterocycles. The van der Waals surface area contributed by atoms with Gasteiger partial charge < -0.3 is 8.98 Å². The maximum Gasteiger partial charge on any atom is 0.136 e. The van der Waals surface area contributed by atoms with E-state index >= 15 is 0 Å². The average Bonchev–Trinajstić information content (AvgIpc) is 3.39. The van der Waals surface area contributed by atoms with Crippen LogP contribution in [0.5, 0.6) is 0 Å². The van der Waals surface area contributed by atoms with Gasteiger partial charge in [0.15, 0.2) is 0 Å². The van der Waals surface area contributed by atoms with Crippen molar-refractivity contribution in [3.05, 3.63) is 115 Å². The molecule has 0 fully saturated rings. The normalized spacial score (nSPS) is 11.8. The van der Waals surface area contributed by atoms with Gasteiger partial charge in [-0.05, 0) is 66.1 Å². The van der Waals surface area contributed by atoms with Crippen LogP contribution in [-0.2, 0) is 0 Å². The van der Waals surface area contributed by atoms with Crippen LogP contribution in [0.25, 0.3) is 60.6 Å². The topological polar surface area (TPSA) is 18.1 Å². The fraction of sp³-hybridized carbons (Fsp3) is 0.0323. The number of nitrogens with zero attached hydrogens (tertiary/aromatic N) is 1. The van der Waals surface area contributed by atoms with Gasteiger partial charge in [0.25, 0.3) is 0 Å². The molecule has 33 heavy (non-hydrogen) atoms. The zero-order valence-corrected chi connectivity index (χ0v) is 18.2. The summed E-state index contributed by atoms with van der Waals surface area (Å²) in [5.74, 6) is 0. The van der Waals surface area contributed by atoms with Crippen LogP contribution in [0.15, 0.2) is 114 Å². The van der Waals surface area contributed by atoms with Crippen LogP contribution in [0.2, 0.25) is 0 Å². The Kier molecular flexibility index (Phi) is 3.80. The molecule has 156 valence electrons. The second kappa shape index (κ2) is 6.85. The average molecular weight is 424 g/mol. The number of furan rings is 1. The van der Waals surface area contributed by atoms with Gasteiger partial charge in [-0.2, -0.15) is 0 Å². The molecule has 2 heteroatoms. The minimum absolute atomic E-state index is 0.927. The molecule has 2 nitrogen and oxygen atoms in total. The third-order valence-corrected chi connectivity index (χ3v) is 6.74. The van der Waals surface area contributed by atoms with Crippen LogP contribution in [0.1, 0.15) is 5.56 Å². The summed E-state index contributed by atoms with van der Waals surface area (Å²) in [7, 11) is 0. The maximum absolute atomic E-state index is 6.14. The van der Waals surface area contributed by atoms with Crippen molar-refractivity contribution in [2.45, 2.75) is 6.92 Å². The Morgan fingerprint density at radius 3 is 2.09 bits per heavy atom. The summed E-state index contributed by atoms with van der Waals surface area (Å²) < 4.78 is 8.52. The highest BCUT2D eigenvalue weighted by molar-refractivity contribution is 6.11. The Morgan fingerprint density at radius 1 is 0.515 bits per heavy atom. The van der Waals surface area contributed by atoms with Crippen LogP contribution >= 0.6 is 0 Å². The molecule has 0 unspecified atom stereocenters. The summed E-state index contributed by atoms with van der Waals surface area (Å²) in [4.78, 5) is 0. The van der Waals surface area contributed by atoms with E-state index in [4.69, 9.17) is 4.42 Å². The van der Waals surface area contributed by atoms with Crippen molar-refractivity contribution >= 4 is 43.7 Å². The minimum Gasteiger partial charge on any atom is -0.456 e. The highest BCUT2D eigenvalue weighted by Gasteiger charge is 2.15. The first-order chi connectivity index (χ1) is 16.3. The standard InChI is InChI=1S/C31H21NO/c1-20-8-2-5-11-27(20)32-28-12-6-3-9-23(28)26-18-21(15-17-29(26)32)22-14-16-25-24-10-4-7-13-30(24)33-31(25)19-22/h2-19H,1H3. The summed E-state index contributed by atoms with van der Waals surface area (Å²) >= 11 is 0. The van der Waals surface area contributed by atoms with E-state index in [0.29, 0.717) is 0 Å². The second-order valence-electron chi connectivity index (χ2n) is 8.68. The summed E-state index contributed by atoms with van der Waals surface area (Å²) in [6.07, 6.45) is 0. The van der Waals surface area contributed by atoms with Gasteiger partial charge in [-0.25, -0.2) is 0 Å². The molecule has 0 amide bonds. The zero-order valence-electron chi connectivity index (χ0n) is 18.2. The zero-order chi connectivity index (χ0) is 21.9. The van der Waals surface area contributed by atoms with Crippen molar-refractivity contribution in [3.63, 3.8) is 0 Å². The third kappa shape index (κ3) is 2.68. The van der Waals surface area contributed by atoms with E-state index in [2.05, 4.69) is 109 Å². The molecule has 0 spiro atoms. The van der Waals surface area contributed by atoms with Crippen LogP contribution in [0.4, 0.5) is 0 Å². The van der Waals surface area contributed by atoms with E-state index in [1.807, 2.05) is 12.1 Å². The van der Waals surface area contributed by atoms with Gasteiger partial charge in [0.2, 0.25) is 0 Å². The molecule has 5 aromatic carbocycles. The molecule has 0 radical (unpaired) electrons. The van der Waals surface area contributed by atoms with E-state index in [-0.39, 0.29) is 0 Å². The molecule has 0 saturated heterocycles. The maximum atomic E-state index is 6.14. The van der Waals surface area contributed by atoms with Crippen molar-refractivity contribution in [3.8, 4) is 16.8 Å². The largest absolute Gasteiger partial charge is 0.456 e. The molecule has 0 saturated carbocycles.